The van der Waals surface area contributed by atoms with Gasteiger partial charge in [-0.05, 0) is 43.4 Å². The van der Waals surface area contributed by atoms with E-state index in [1.807, 2.05) is 12.1 Å². The quantitative estimate of drug-likeness (QED) is 0.519. The second-order valence-corrected chi connectivity index (χ2v) is 7.49. The third kappa shape index (κ3) is 2.73. The highest BCUT2D eigenvalue weighted by Crippen LogP contribution is 2.50. The van der Waals surface area contributed by atoms with Crippen molar-refractivity contribution in [2.75, 3.05) is 32.5 Å². The third-order valence-electron chi connectivity index (χ3n) is 5.08. The smallest absolute Gasteiger partial charge is 0.119 e. The molecular formula is C20H24N4OS. The molecule has 2 aromatic carbocycles. The van der Waals surface area contributed by atoms with Crippen LogP contribution >= 0.6 is 11.8 Å². The van der Waals surface area contributed by atoms with Crippen molar-refractivity contribution in [2.45, 2.75) is 30.2 Å². The van der Waals surface area contributed by atoms with E-state index in [0.29, 0.717) is 0 Å². The van der Waals surface area contributed by atoms with Crippen molar-refractivity contribution in [3.05, 3.63) is 30.3 Å². The van der Waals surface area contributed by atoms with Crippen LogP contribution in [-0.4, -0.2) is 41.4 Å². The van der Waals surface area contributed by atoms with Crippen molar-refractivity contribution in [3.8, 4) is 17.0 Å². The summed E-state index contributed by atoms with van der Waals surface area (Å²) in [6, 6.07) is 10.3. The number of methoxy groups -OCH3 is 1. The molecule has 0 spiro atoms. The van der Waals surface area contributed by atoms with E-state index in [0.717, 1.165) is 64.7 Å². The molecule has 1 aliphatic heterocycles. The van der Waals surface area contributed by atoms with Crippen molar-refractivity contribution in [1.29, 1.82) is 0 Å². The minimum absolute atomic E-state index is 0.813. The molecule has 1 aliphatic rings. The normalized spacial score (nSPS) is 12.6. The number of nitrogens with zero attached hydrogens (tertiary/aromatic N) is 3. The van der Waals surface area contributed by atoms with Gasteiger partial charge in [0.2, 0.25) is 0 Å². The number of nitrogen functional groups attached to an aromatic ring is 1. The zero-order valence-corrected chi connectivity index (χ0v) is 16.3. The van der Waals surface area contributed by atoms with E-state index in [1.165, 1.54) is 4.90 Å². The Morgan fingerprint density at radius 2 is 2.00 bits per heavy atom. The first kappa shape index (κ1) is 17.2. The van der Waals surface area contributed by atoms with Gasteiger partial charge in [0.15, 0.2) is 0 Å². The molecule has 0 bridgehead atoms. The summed E-state index contributed by atoms with van der Waals surface area (Å²) >= 11 is 1.72. The Morgan fingerprint density at radius 3 is 2.73 bits per heavy atom. The summed E-state index contributed by atoms with van der Waals surface area (Å²) in [7, 11) is 1.70. The van der Waals surface area contributed by atoms with Crippen molar-refractivity contribution < 1.29 is 4.74 Å². The lowest BCUT2D eigenvalue weighted by Gasteiger charge is -2.18. The lowest BCUT2D eigenvalue weighted by Crippen LogP contribution is -2.27. The Labute approximate surface area is 158 Å². The Balaban J connectivity index is 1.85. The van der Waals surface area contributed by atoms with Gasteiger partial charge < -0.3 is 15.4 Å². The first-order chi connectivity index (χ1) is 12.7. The molecular weight excluding hydrogens is 344 g/mol. The van der Waals surface area contributed by atoms with Gasteiger partial charge in [-0.15, -0.1) is 0 Å². The number of aromatic nitrogens is 2. The molecule has 26 heavy (non-hydrogen) atoms. The number of nitrogens with two attached hydrogens (primary N) is 1. The third-order valence-corrected chi connectivity index (χ3v) is 6.30. The predicted molar refractivity (Wildman–Crippen MR) is 108 cm³/mol. The lowest BCUT2D eigenvalue weighted by atomic mass is 10.1. The maximum Gasteiger partial charge on any atom is 0.119 e. The number of fused-ring (bicyclic) bond motifs is 2. The van der Waals surface area contributed by atoms with Crippen molar-refractivity contribution >= 4 is 28.4 Å². The summed E-state index contributed by atoms with van der Waals surface area (Å²) in [6.45, 7) is 8.35. The van der Waals surface area contributed by atoms with Crippen LogP contribution in [0.2, 0.25) is 0 Å². The molecule has 0 aliphatic carbocycles. The molecule has 3 aromatic rings. The molecule has 5 nitrogen and oxygen atoms in total. The van der Waals surface area contributed by atoms with Gasteiger partial charge in [-0.25, -0.2) is 0 Å². The molecule has 0 saturated carbocycles. The molecule has 0 radical (unpaired) electrons. The van der Waals surface area contributed by atoms with E-state index in [-0.39, 0.29) is 0 Å². The molecule has 0 fully saturated rings. The van der Waals surface area contributed by atoms with Crippen LogP contribution in [-0.2, 0) is 6.54 Å². The number of anilines is 1. The van der Waals surface area contributed by atoms with Gasteiger partial charge >= 0.3 is 0 Å². The summed E-state index contributed by atoms with van der Waals surface area (Å²) in [4.78, 5) is 4.70. The fraction of sp³-hybridized carbons (Fsp3) is 0.350. The number of ether oxygens (including phenoxy) is 1. The summed E-state index contributed by atoms with van der Waals surface area (Å²) in [5.41, 5.74) is 10.4. The molecule has 6 heteroatoms. The Morgan fingerprint density at radius 1 is 1.19 bits per heavy atom. The van der Waals surface area contributed by atoms with Gasteiger partial charge in [-0.2, -0.15) is 5.10 Å². The number of hydrogen-bond donors (Lipinski definition) is 1. The summed E-state index contributed by atoms with van der Waals surface area (Å²) in [5, 5.41) is 6.15. The number of benzene rings is 2. The van der Waals surface area contributed by atoms with Crippen molar-refractivity contribution in [1.82, 2.24) is 14.7 Å². The zero-order chi connectivity index (χ0) is 18.3. The first-order valence-corrected chi connectivity index (χ1v) is 9.85. The van der Waals surface area contributed by atoms with Crippen LogP contribution in [0, 0.1) is 0 Å². The molecule has 0 atom stereocenters. The SMILES string of the molecule is CCN(CC)CCn1nc2c3c(c(N)ccc31)Sc1ccc(OC)cc1-2. The van der Waals surface area contributed by atoms with E-state index < -0.39 is 0 Å². The number of likely N-dealkylation sites (N-methyl/N-ethyl adjacent to an activating group) is 1. The van der Waals surface area contributed by atoms with Crippen LogP contribution < -0.4 is 10.5 Å². The van der Waals surface area contributed by atoms with E-state index in [9.17, 15) is 0 Å². The summed E-state index contributed by atoms with van der Waals surface area (Å²) in [5.74, 6) is 0.850. The van der Waals surface area contributed by atoms with Gasteiger partial charge in [0, 0.05) is 33.0 Å². The average Bonchev–Trinajstić information content (AvgIpc) is 3.04. The Hall–Kier alpha value is -2.18. The largest absolute Gasteiger partial charge is 0.497 e. The van der Waals surface area contributed by atoms with Gasteiger partial charge in [-0.3, -0.25) is 4.68 Å². The molecule has 0 amide bonds. The molecule has 136 valence electrons. The van der Waals surface area contributed by atoms with E-state index in [2.05, 4.69) is 41.6 Å². The van der Waals surface area contributed by atoms with Crippen LogP contribution in [0.3, 0.4) is 0 Å². The maximum atomic E-state index is 6.30. The lowest BCUT2D eigenvalue weighted by molar-refractivity contribution is 0.287. The minimum Gasteiger partial charge on any atom is -0.497 e. The standard InChI is InChI=1S/C20H24N4OS/c1-4-23(5-2)10-11-24-16-8-7-15(21)20-18(16)19(22-24)14-12-13(25-3)6-9-17(14)26-20/h6-9,12H,4-5,10-11,21H2,1-3H3. The molecule has 2 heterocycles. The molecule has 4 rings (SSSR count). The molecule has 0 saturated heterocycles. The highest BCUT2D eigenvalue weighted by molar-refractivity contribution is 8.00. The molecule has 2 N–H and O–H groups in total. The zero-order valence-electron chi connectivity index (χ0n) is 15.5. The van der Waals surface area contributed by atoms with Crippen molar-refractivity contribution in [3.63, 3.8) is 0 Å². The van der Waals surface area contributed by atoms with Crippen LogP contribution in [0.25, 0.3) is 22.2 Å². The van der Waals surface area contributed by atoms with Gasteiger partial charge in [0.05, 0.1) is 19.2 Å². The second kappa shape index (κ2) is 6.85. The van der Waals surface area contributed by atoms with Gasteiger partial charge in [0.25, 0.3) is 0 Å². The Bertz CT molecular complexity index is 962. The average molecular weight is 369 g/mol. The highest BCUT2D eigenvalue weighted by atomic mass is 32.2. The van der Waals surface area contributed by atoms with E-state index in [4.69, 9.17) is 15.6 Å². The van der Waals surface area contributed by atoms with Crippen LogP contribution in [0.1, 0.15) is 13.8 Å². The summed E-state index contributed by atoms with van der Waals surface area (Å²) in [6.07, 6.45) is 0. The topological polar surface area (TPSA) is 56.3 Å². The maximum absolute atomic E-state index is 6.30. The monoisotopic (exact) mass is 368 g/mol. The van der Waals surface area contributed by atoms with Crippen LogP contribution in [0.4, 0.5) is 5.69 Å². The Kier molecular flexibility index (Phi) is 4.54. The second-order valence-electron chi connectivity index (χ2n) is 6.44. The fourth-order valence-corrected chi connectivity index (χ4v) is 4.63. The van der Waals surface area contributed by atoms with Crippen molar-refractivity contribution in [2.24, 2.45) is 0 Å². The molecule has 0 unspecified atom stereocenters. The van der Waals surface area contributed by atoms with Gasteiger partial charge in [0.1, 0.15) is 11.4 Å². The first-order valence-electron chi connectivity index (χ1n) is 9.03. The predicted octanol–water partition coefficient (Wildman–Crippen LogP) is 4.10. The van der Waals surface area contributed by atoms with Crippen LogP contribution in [0.5, 0.6) is 5.75 Å². The summed E-state index contributed by atoms with van der Waals surface area (Å²) < 4.78 is 7.55. The van der Waals surface area contributed by atoms with E-state index in [1.54, 1.807) is 18.9 Å². The highest BCUT2D eigenvalue weighted by Gasteiger charge is 2.26. The van der Waals surface area contributed by atoms with Crippen LogP contribution in [0.15, 0.2) is 40.1 Å². The fourth-order valence-electron chi connectivity index (χ4n) is 3.52. The van der Waals surface area contributed by atoms with E-state index >= 15 is 0 Å². The number of rotatable bonds is 6. The molecule has 1 aromatic heterocycles. The van der Waals surface area contributed by atoms with Gasteiger partial charge in [-0.1, -0.05) is 25.6 Å². The minimum atomic E-state index is 0.813. The number of hydrogen-bond acceptors (Lipinski definition) is 5.